The van der Waals surface area contributed by atoms with Crippen LogP contribution in [0.2, 0.25) is 0 Å². The van der Waals surface area contributed by atoms with Crippen LogP contribution in [0.4, 0.5) is 0 Å². The lowest BCUT2D eigenvalue weighted by molar-refractivity contribution is -0.165. The number of nitrogens with zero attached hydrogens (tertiary/aromatic N) is 2. The predicted molar refractivity (Wildman–Crippen MR) is 128 cm³/mol. The first kappa shape index (κ1) is 26.7. The fraction of sp³-hybridized carbons (Fsp3) is 0.808. The van der Waals surface area contributed by atoms with Gasteiger partial charge in [-0.25, -0.2) is 0 Å². The molecule has 7 atom stereocenters. The van der Waals surface area contributed by atoms with Crippen molar-refractivity contribution in [2.45, 2.75) is 90.6 Å². The molecule has 0 aliphatic carbocycles. The minimum atomic E-state index is -1.16. The Morgan fingerprint density at radius 3 is 2.47 bits per heavy atom. The van der Waals surface area contributed by atoms with Gasteiger partial charge in [-0.2, -0.15) is 0 Å². The molecule has 192 valence electrons. The Labute approximate surface area is 203 Å². The summed E-state index contributed by atoms with van der Waals surface area (Å²) in [4.78, 5) is 44.9. The summed E-state index contributed by atoms with van der Waals surface area (Å²) in [6.45, 7) is 19.3. The molecule has 2 bridgehead atoms. The lowest BCUT2D eigenvalue weighted by Gasteiger charge is -2.44. The zero-order chi connectivity index (χ0) is 25.8. The van der Waals surface area contributed by atoms with E-state index in [1.807, 2.05) is 48.5 Å². The van der Waals surface area contributed by atoms with Crippen molar-refractivity contribution in [3.63, 3.8) is 0 Å². The smallest absolute Gasteiger partial charge is 0.312 e. The quantitative estimate of drug-likeness (QED) is 0.425. The third-order valence-corrected chi connectivity index (χ3v) is 8.23. The van der Waals surface area contributed by atoms with E-state index in [-0.39, 0.29) is 36.9 Å². The average molecular weight is 479 g/mol. The van der Waals surface area contributed by atoms with E-state index in [4.69, 9.17) is 9.47 Å². The van der Waals surface area contributed by atoms with Crippen LogP contribution in [0, 0.1) is 23.7 Å². The molecule has 8 heteroatoms. The molecular formula is C26H42N2O6. The second-order valence-electron chi connectivity index (χ2n) is 11.6. The number of esters is 1. The molecule has 34 heavy (non-hydrogen) atoms. The first-order chi connectivity index (χ1) is 15.7. The Kier molecular flexibility index (Phi) is 7.01. The summed E-state index contributed by atoms with van der Waals surface area (Å²) < 4.78 is 12.1. The molecule has 1 N–H and O–H groups in total. The Morgan fingerprint density at radius 1 is 1.38 bits per heavy atom. The van der Waals surface area contributed by atoms with Gasteiger partial charge in [0.15, 0.2) is 0 Å². The van der Waals surface area contributed by atoms with E-state index in [9.17, 15) is 19.5 Å². The van der Waals surface area contributed by atoms with Crippen LogP contribution in [0.5, 0.6) is 0 Å². The van der Waals surface area contributed by atoms with E-state index >= 15 is 0 Å². The number of amides is 2. The first-order valence-electron chi connectivity index (χ1n) is 12.4. The molecule has 0 saturated carbocycles. The molecule has 3 aliphatic heterocycles. The summed E-state index contributed by atoms with van der Waals surface area (Å²) in [6.07, 6.45) is 2.15. The molecule has 3 fully saturated rings. The van der Waals surface area contributed by atoms with E-state index in [1.165, 1.54) is 4.90 Å². The fourth-order valence-electron chi connectivity index (χ4n) is 6.49. The van der Waals surface area contributed by atoms with Gasteiger partial charge in [-0.15, -0.1) is 6.58 Å². The molecule has 0 aromatic rings. The maximum absolute atomic E-state index is 14.3. The van der Waals surface area contributed by atoms with Gasteiger partial charge in [0.05, 0.1) is 30.8 Å². The van der Waals surface area contributed by atoms with Gasteiger partial charge in [0.1, 0.15) is 17.6 Å². The van der Waals surface area contributed by atoms with Crippen LogP contribution in [0.15, 0.2) is 12.7 Å². The summed E-state index contributed by atoms with van der Waals surface area (Å²) in [5, 5.41) is 10.3. The van der Waals surface area contributed by atoms with Crippen molar-refractivity contribution in [3.05, 3.63) is 12.7 Å². The molecule has 1 spiro atoms. The predicted octanol–water partition coefficient (Wildman–Crippen LogP) is 2.39. The van der Waals surface area contributed by atoms with Gasteiger partial charge in [-0.1, -0.05) is 26.8 Å². The van der Waals surface area contributed by atoms with E-state index in [0.717, 1.165) is 0 Å². The number of hydrogen-bond acceptors (Lipinski definition) is 6. The van der Waals surface area contributed by atoms with Crippen molar-refractivity contribution in [2.24, 2.45) is 23.7 Å². The highest BCUT2D eigenvalue weighted by molar-refractivity contribution is 5.99. The molecule has 3 saturated heterocycles. The Balaban J connectivity index is 2.23. The minimum absolute atomic E-state index is 0.0599. The van der Waals surface area contributed by atoms with E-state index in [0.29, 0.717) is 13.0 Å². The number of rotatable bonds is 8. The van der Waals surface area contributed by atoms with Crippen molar-refractivity contribution >= 4 is 17.8 Å². The number of aliphatic hydroxyl groups excluding tert-OH is 1. The Bertz CT molecular complexity index is 851. The number of ether oxygens (including phenoxy) is 2. The molecule has 8 nitrogen and oxygen atoms in total. The van der Waals surface area contributed by atoms with Crippen LogP contribution in [-0.2, 0) is 23.9 Å². The van der Waals surface area contributed by atoms with Gasteiger partial charge in [0.2, 0.25) is 11.8 Å². The monoisotopic (exact) mass is 478 g/mol. The standard InChI is InChI=1S/C26H42N2O6/c1-10-12-27(24(6,7)8)22(31)20-26-13-16(5)25(9,34-26)19(23(32)33-11-2)18(26)21(30)28(20)17(14-29)15(3)4/h10,15-20,29H,1,11-14H2,2-9H3/t16?,17-,18-,19-,20?,25+,26?/m0/s1. The topological polar surface area (TPSA) is 96.4 Å². The van der Waals surface area contributed by atoms with Crippen LogP contribution < -0.4 is 0 Å². The number of carbonyl (C=O) groups is 3. The molecular weight excluding hydrogens is 436 g/mol. The fourth-order valence-corrected chi connectivity index (χ4v) is 6.49. The number of likely N-dealkylation sites (tertiary alicyclic amines) is 1. The van der Waals surface area contributed by atoms with Gasteiger partial charge >= 0.3 is 5.97 Å². The third kappa shape index (κ3) is 3.68. The van der Waals surface area contributed by atoms with Crippen molar-refractivity contribution in [1.82, 2.24) is 9.80 Å². The zero-order valence-corrected chi connectivity index (χ0v) is 22.0. The number of carbonyl (C=O) groups excluding carboxylic acids is 3. The van der Waals surface area contributed by atoms with E-state index in [1.54, 1.807) is 17.9 Å². The lowest BCUT2D eigenvalue weighted by atomic mass is 9.62. The minimum Gasteiger partial charge on any atom is -0.466 e. The van der Waals surface area contributed by atoms with E-state index < -0.39 is 46.6 Å². The summed E-state index contributed by atoms with van der Waals surface area (Å²) in [5.41, 5.74) is -2.60. The van der Waals surface area contributed by atoms with Crippen LogP contribution in [-0.4, -0.2) is 81.3 Å². The van der Waals surface area contributed by atoms with Gasteiger partial charge < -0.3 is 24.4 Å². The molecule has 3 unspecified atom stereocenters. The van der Waals surface area contributed by atoms with Gasteiger partial charge in [0, 0.05) is 12.1 Å². The molecule has 3 heterocycles. The van der Waals surface area contributed by atoms with Crippen molar-refractivity contribution in [1.29, 1.82) is 0 Å². The second-order valence-corrected chi connectivity index (χ2v) is 11.6. The molecule has 0 aromatic carbocycles. The summed E-state index contributed by atoms with van der Waals surface area (Å²) in [5.74, 6) is -2.83. The maximum Gasteiger partial charge on any atom is 0.312 e. The van der Waals surface area contributed by atoms with Crippen molar-refractivity contribution in [3.8, 4) is 0 Å². The molecule has 2 amide bonds. The second kappa shape index (κ2) is 8.94. The summed E-state index contributed by atoms with van der Waals surface area (Å²) >= 11 is 0. The van der Waals surface area contributed by atoms with Gasteiger partial charge in [-0.3, -0.25) is 14.4 Å². The van der Waals surface area contributed by atoms with Gasteiger partial charge in [-0.05, 0) is 52.9 Å². The van der Waals surface area contributed by atoms with E-state index in [2.05, 4.69) is 6.58 Å². The highest BCUT2D eigenvalue weighted by Gasteiger charge is 2.81. The highest BCUT2D eigenvalue weighted by atomic mass is 16.6. The zero-order valence-electron chi connectivity index (χ0n) is 22.0. The highest BCUT2D eigenvalue weighted by Crippen LogP contribution is 2.66. The maximum atomic E-state index is 14.3. The van der Waals surface area contributed by atoms with Crippen LogP contribution in [0.25, 0.3) is 0 Å². The number of fused-ring (bicyclic) bond motifs is 1. The van der Waals surface area contributed by atoms with Crippen LogP contribution in [0.1, 0.15) is 61.8 Å². The summed E-state index contributed by atoms with van der Waals surface area (Å²) in [7, 11) is 0. The molecule has 0 aromatic heterocycles. The van der Waals surface area contributed by atoms with Gasteiger partial charge in [0.25, 0.3) is 0 Å². The normalized spacial score (nSPS) is 35.5. The lowest BCUT2D eigenvalue weighted by Crippen LogP contribution is -2.62. The Morgan fingerprint density at radius 2 is 2.00 bits per heavy atom. The van der Waals surface area contributed by atoms with Crippen molar-refractivity contribution in [2.75, 3.05) is 19.8 Å². The molecule has 3 rings (SSSR count). The first-order valence-corrected chi connectivity index (χ1v) is 12.4. The third-order valence-electron chi connectivity index (χ3n) is 8.23. The van der Waals surface area contributed by atoms with Crippen LogP contribution >= 0.6 is 0 Å². The summed E-state index contributed by atoms with van der Waals surface area (Å²) in [6, 6.07) is -1.53. The number of hydrogen-bond donors (Lipinski definition) is 1. The number of aliphatic hydroxyl groups is 1. The largest absolute Gasteiger partial charge is 0.466 e. The Hall–Kier alpha value is -1.93. The SMILES string of the molecule is C=CCN(C(=O)C1N([C@@H](CO)C(C)C)C(=O)[C@@H]2[C@@H](C(=O)OCC)[C@]3(C)OC12CC3C)C(C)(C)C. The molecule has 0 radical (unpaired) electrons. The van der Waals surface area contributed by atoms with Crippen LogP contribution in [0.3, 0.4) is 0 Å². The average Bonchev–Trinajstić information content (AvgIpc) is 3.23. The van der Waals surface area contributed by atoms with Crippen molar-refractivity contribution < 1.29 is 29.0 Å². The molecule has 3 aliphatic rings.